The number of amides is 1. The van der Waals surface area contributed by atoms with Gasteiger partial charge >= 0.3 is 0 Å². The molecule has 3 atom stereocenters. The number of carbonyl (C=O) groups is 1. The number of hydrogen-bond acceptors (Lipinski definition) is 3. The zero-order valence-electron chi connectivity index (χ0n) is 18.2. The summed E-state index contributed by atoms with van der Waals surface area (Å²) in [7, 11) is 0. The van der Waals surface area contributed by atoms with Gasteiger partial charge in [0.25, 0.3) is 5.91 Å². The van der Waals surface area contributed by atoms with Crippen LogP contribution in [0.3, 0.4) is 0 Å². The Balaban J connectivity index is 1.38. The largest absolute Gasteiger partial charge is 0.377 e. The van der Waals surface area contributed by atoms with Gasteiger partial charge in [0, 0.05) is 27.7 Å². The first-order chi connectivity index (χ1) is 14.9. The number of thiophene rings is 1. The standard InChI is InChI=1S/C27H28N2OS/c1-27(2,3)18-11-9-17(10-12-18)26(30)28-19-13-14-23-22(16-19)20-6-4-7-21(20)25(29-23)24-8-5-15-31-24/h4-6,8-16,20-21,25,29H,7H2,1-3H3,(H,28,30). The molecule has 4 heteroatoms. The molecule has 0 saturated heterocycles. The molecule has 5 rings (SSSR count). The van der Waals surface area contributed by atoms with Gasteiger partial charge < -0.3 is 10.6 Å². The second kappa shape index (κ2) is 7.69. The Hall–Kier alpha value is -2.85. The molecular weight excluding hydrogens is 400 g/mol. The highest BCUT2D eigenvalue weighted by Crippen LogP contribution is 2.50. The molecule has 1 aliphatic heterocycles. The van der Waals surface area contributed by atoms with Crippen LogP contribution in [0.2, 0.25) is 0 Å². The van der Waals surface area contributed by atoms with Crippen molar-refractivity contribution in [3.63, 3.8) is 0 Å². The number of anilines is 2. The number of rotatable bonds is 3. The lowest BCUT2D eigenvalue weighted by molar-refractivity contribution is 0.102. The van der Waals surface area contributed by atoms with Crippen molar-refractivity contribution in [2.75, 3.05) is 10.6 Å². The topological polar surface area (TPSA) is 41.1 Å². The van der Waals surface area contributed by atoms with Crippen molar-refractivity contribution in [3.05, 3.63) is 93.7 Å². The molecule has 2 N–H and O–H groups in total. The number of nitrogens with one attached hydrogen (secondary N) is 2. The van der Waals surface area contributed by atoms with E-state index in [2.05, 4.69) is 73.2 Å². The molecule has 3 unspecified atom stereocenters. The molecule has 2 heterocycles. The molecule has 158 valence electrons. The van der Waals surface area contributed by atoms with Crippen LogP contribution in [0.4, 0.5) is 11.4 Å². The molecule has 0 radical (unpaired) electrons. The molecule has 0 bridgehead atoms. The van der Waals surface area contributed by atoms with Crippen molar-refractivity contribution >= 4 is 28.6 Å². The third kappa shape index (κ3) is 3.81. The number of fused-ring (bicyclic) bond motifs is 3. The fraction of sp³-hybridized carbons (Fsp3) is 0.296. The Labute approximate surface area is 188 Å². The normalized spacial score (nSPS) is 21.8. The summed E-state index contributed by atoms with van der Waals surface area (Å²) in [4.78, 5) is 14.2. The Bertz CT molecular complexity index is 1120. The van der Waals surface area contributed by atoms with Crippen molar-refractivity contribution in [3.8, 4) is 0 Å². The SMILES string of the molecule is CC(C)(C)c1ccc(C(=O)Nc2ccc3c(c2)C2C=CCC2C(c2cccs2)N3)cc1. The maximum absolute atomic E-state index is 12.8. The van der Waals surface area contributed by atoms with Gasteiger partial charge in [-0.05, 0) is 70.7 Å². The van der Waals surface area contributed by atoms with Gasteiger partial charge in [0.15, 0.2) is 0 Å². The molecule has 1 aromatic heterocycles. The quantitative estimate of drug-likeness (QED) is 0.436. The molecule has 2 aliphatic rings. The molecule has 0 saturated carbocycles. The van der Waals surface area contributed by atoms with Crippen molar-refractivity contribution in [1.29, 1.82) is 0 Å². The Morgan fingerprint density at radius 2 is 1.90 bits per heavy atom. The second-order valence-corrected chi connectivity index (χ2v) is 10.6. The fourth-order valence-electron chi connectivity index (χ4n) is 4.75. The van der Waals surface area contributed by atoms with E-state index in [0.29, 0.717) is 23.4 Å². The molecule has 1 aliphatic carbocycles. The van der Waals surface area contributed by atoms with Gasteiger partial charge in [-0.3, -0.25) is 4.79 Å². The highest BCUT2D eigenvalue weighted by molar-refractivity contribution is 7.10. The minimum Gasteiger partial charge on any atom is -0.377 e. The molecule has 3 aromatic rings. The minimum absolute atomic E-state index is 0.0702. The first kappa shape index (κ1) is 20.1. The summed E-state index contributed by atoms with van der Waals surface area (Å²) in [6.07, 6.45) is 5.72. The Kier molecular flexibility index (Phi) is 4.98. The van der Waals surface area contributed by atoms with Crippen LogP contribution in [0.15, 0.2) is 72.1 Å². The lowest BCUT2D eigenvalue weighted by Crippen LogP contribution is -2.28. The van der Waals surface area contributed by atoms with Crippen LogP contribution in [0.25, 0.3) is 0 Å². The van der Waals surface area contributed by atoms with E-state index in [4.69, 9.17) is 0 Å². The smallest absolute Gasteiger partial charge is 0.255 e. The monoisotopic (exact) mass is 428 g/mol. The van der Waals surface area contributed by atoms with Crippen molar-refractivity contribution in [2.45, 2.75) is 44.6 Å². The number of benzene rings is 2. The summed E-state index contributed by atoms with van der Waals surface area (Å²) < 4.78 is 0. The number of allylic oxidation sites excluding steroid dienone is 2. The summed E-state index contributed by atoms with van der Waals surface area (Å²) in [5.74, 6) is 0.826. The maximum atomic E-state index is 12.8. The summed E-state index contributed by atoms with van der Waals surface area (Å²) in [5.41, 5.74) is 5.26. The average Bonchev–Trinajstić information content (AvgIpc) is 3.45. The lowest BCUT2D eigenvalue weighted by atomic mass is 9.79. The fourth-order valence-corrected chi connectivity index (χ4v) is 5.60. The van der Waals surface area contributed by atoms with E-state index < -0.39 is 0 Å². The van der Waals surface area contributed by atoms with Crippen molar-refractivity contribution in [2.24, 2.45) is 5.92 Å². The van der Waals surface area contributed by atoms with Gasteiger partial charge in [-0.15, -0.1) is 11.3 Å². The van der Waals surface area contributed by atoms with Crippen LogP contribution >= 0.6 is 11.3 Å². The zero-order valence-corrected chi connectivity index (χ0v) is 19.0. The van der Waals surface area contributed by atoms with E-state index in [1.165, 1.54) is 21.7 Å². The first-order valence-corrected chi connectivity index (χ1v) is 11.8. The third-order valence-corrected chi connectivity index (χ3v) is 7.44. The van der Waals surface area contributed by atoms with Crippen LogP contribution in [0.1, 0.15) is 65.5 Å². The molecule has 3 nitrogen and oxygen atoms in total. The van der Waals surface area contributed by atoms with Gasteiger partial charge in [-0.1, -0.05) is 51.1 Å². The van der Waals surface area contributed by atoms with Crippen molar-refractivity contribution in [1.82, 2.24) is 0 Å². The predicted octanol–water partition coefficient (Wildman–Crippen LogP) is 7.12. The highest BCUT2D eigenvalue weighted by Gasteiger charge is 2.38. The molecule has 31 heavy (non-hydrogen) atoms. The van der Waals surface area contributed by atoms with E-state index in [0.717, 1.165) is 12.1 Å². The van der Waals surface area contributed by atoms with Crippen LogP contribution in [-0.4, -0.2) is 5.91 Å². The molecule has 0 fully saturated rings. The summed E-state index contributed by atoms with van der Waals surface area (Å²) in [6, 6.07) is 18.9. The van der Waals surface area contributed by atoms with E-state index in [1.807, 2.05) is 41.7 Å². The zero-order chi connectivity index (χ0) is 21.6. The van der Waals surface area contributed by atoms with Gasteiger partial charge in [0.05, 0.1) is 6.04 Å². The van der Waals surface area contributed by atoms with E-state index in [1.54, 1.807) is 0 Å². The number of hydrogen-bond donors (Lipinski definition) is 2. The third-order valence-electron chi connectivity index (χ3n) is 6.48. The van der Waals surface area contributed by atoms with Crippen LogP contribution < -0.4 is 10.6 Å². The second-order valence-electron chi connectivity index (χ2n) is 9.57. The maximum Gasteiger partial charge on any atom is 0.255 e. The van der Waals surface area contributed by atoms with E-state index in [9.17, 15) is 4.79 Å². The van der Waals surface area contributed by atoms with Crippen molar-refractivity contribution < 1.29 is 4.79 Å². The number of carbonyl (C=O) groups excluding carboxylic acids is 1. The molecule has 0 spiro atoms. The first-order valence-electron chi connectivity index (χ1n) is 10.9. The summed E-state index contributed by atoms with van der Waals surface area (Å²) in [6.45, 7) is 6.53. The van der Waals surface area contributed by atoms with Gasteiger partial charge in [-0.2, -0.15) is 0 Å². The summed E-state index contributed by atoms with van der Waals surface area (Å²) >= 11 is 1.82. The van der Waals surface area contributed by atoms with Crippen LogP contribution in [-0.2, 0) is 5.41 Å². The Morgan fingerprint density at radius 3 is 2.61 bits per heavy atom. The Morgan fingerprint density at radius 1 is 1.10 bits per heavy atom. The molecule has 2 aromatic carbocycles. The van der Waals surface area contributed by atoms with Crippen LogP contribution in [0.5, 0.6) is 0 Å². The van der Waals surface area contributed by atoms with Gasteiger partial charge in [0.1, 0.15) is 0 Å². The van der Waals surface area contributed by atoms with Crippen LogP contribution in [0, 0.1) is 5.92 Å². The predicted molar refractivity (Wildman–Crippen MR) is 130 cm³/mol. The molecular formula is C27H28N2OS. The highest BCUT2D eigenvalue weighted by atomic mass is 32.1. The van der Waals surface area contributed by atoms with E-state index in [-0.39, 0.29) is 11.3 Å². The van der Waals surface area contributed by atoms with Gasteiger partial charge in [-0.25, -0.2) is 0 Å². The molecule has 1 amide bonds. The minimum atomic E-state index is -0.0702. The lowest BCUT2D eigenvalue weighted by Gasteiger charge is -2.37. The van der Waals surface area contributed by atoms with E-state index >= 15 is 0 Å². The van der Waals surface area contributed by atoms with Gasteiger partial charge in [0.2, 0.25) is 0 Å². The average molecular weight is 429 g/mol. The summed E-state index contributed by atoms with van der Waals surface area (Å²) in [5, 5.41) is 9.01.